The first-order valence-electron chi connectivity index (χ1n) is 12.8. The molecule has 1 N–H and O–H groups in total. The molecule has 5 rings (SSSR count). The number of hydrogen-bond donors (Lipinski definition) is 2. The van der Waals surface area contributed by atoms with Crippen LogP contribution in [0.4, 0.5) is 0 Å². The molecule has 0 aromatic heterocycles. The molecule has 0 bridgehead atoms. The third-order valence-electron chi connectivity index (χ3n) is 6.12. The van der Waals surface area contributed by atoms with Crippen molar-refractivity contribution >= 4 is 22.7 Å². The lowest BCUT2D eigenvalue weighted by Gasteiger charge is -2.24. The molecular formula is C29H34O7S2. The van der Waals surface area contributed by atoms with Crippen LogP contribution in [0.1, 0.15) is 38.5 Å². The van der Waals surface area contributed by atoms with Crippen LogP contribution < -0.4 is 9.47 Å². The van der Waals surface area contributed by atoms with E-state index >= 15 is 0 Å². The molecule has 38 heavy (non-hydrogen) atoms. The molecule has 0 amide bonds. The first-order chi connectivity index (χ1) is 18.3. The van der Waals surface area contributed by atoms with Crippen LogP contribution in [-0.2, 0) is 19.6 Å². The molecule has 2 heterocycles. The van der Waals surface area contributed by atoms with Gasteiger partial charge in [-0.1, -0.05) is 36.4 Å². The van der Waals surface area contributed by atoms with Crippen LogP contribution in [0, 0.1) is 0 Å². The Hall–Kier alpha value is -2.56. The minimum atomic E-state index is -3.67. The molecule has 0 radical (unpaired) electrons. The van der Waals surface area contributed by atoms with Gasteiger partial charge in [0.2, 0.25) is 0 Å². The Kier molecular flexibility index (Phi) is 10.1. The third-order valence-corrected chi connectivity index (χ3v) is 6.49. The zero-order chi connectivity index (χ0) is 27.0. The summed E-state index contributed by atoms with van der Waals surface area (Å²) in [4.78, 5) is 0.917. The summed E-state index contributed by atoms with van der Waals surface area (Å²) in [6.07, 6.45) is 6.72. The summed E-state index contributed by atoms with van der Waals surface area (Å²) in [6.45, 7) is 1.53. The SMILES string of the molecule is CS(=O)(=O)O.Sc1cccc(-c2cccc(OC3CCCCO3)c2)c1-c1cccc(OC2CCCCO2)c1. The molecule has 204 valence electrons. The molecule has 0 saturated carbocycles. The predicted octanol–water partition coefficient (Wildman–Crippen LogP) is 6.62. The van der Waals surface area contributed by atoms with Crippen molar-refractivity contribution in [1.82, 2.24) is 0 Å². The maximum atomic E-state index is 9.19. The third kappa shape index (κ3) is 8.74. The lowest BCUT2D eigenvalue weighted by molar-refractivity contribution is -0.106. The Labute approximate surface area is 230 Å². The van der Waals surface area contributed by atoms with E-state index in [1.54, 1.807) is 0 Å². The molecule has 0 aliphatic carbocycles. The van der Waals surface area contributed by atoms with Crippen molar-refractivity contribution in [3.63, 3.8) is 0 Å². The van der Waals surface area contributed by atoms with E-state index in [0.29, 0.717) is 6.26 Å². The quantitative estimate of drug-likeness (QED) is 0.259. The summed E-state index contributed by atoms with van der Waals surface area (Å²) < 4.78 is 49.6. The molecular weight excluding hydrogens is 524 g/mol. The van der Waals surface area contributed by atoms with Gasteiger partial charge >= 0.3 is 0 Å². The van der Waals surface area contributed by atoms with E-state index in [1.165, 1.54) is 0 Å². The number of rotatable bonds is 6. The van der Waals surface area contributed by atoms with Gasteiger partial charge in [-0.3, -0.25) is 4.55 Å². The number of hydrogen-bond acceptors (Lipinski definition) is 7. The normalized spacial score (nSPS) is 19.7. The van der Waals surface area contributed by atoms with Gasteiger partial charge in [0, 0.05) is 23.3 Å². The van der Waals surface area contributed by atoms with E-state index in [1.807, 2.05) is 36.4 Å². The van der Waals surface area contributed by atoms with Crippen molar-refractivity contribution in [3.05, 3.63) is 66.7 Å². The van der Waals surface area contributed by atoms with Crippen LogP contribution in [0.5, 0.6) is 11.5 Å². The molecule has 2 atom stereocenters. The first-order valence-corrected chi connectivity index (χ1v) is 15.1. The highest BCUT2D eigenvalue weighted by Crippen LogP contribution is 2.39. The Morgan fingerprint density at radius 2 is 1.29 bits per heavy atom. The lowest BCUT2D eigenvalue weighted by Crippen LogP contribution is -2.24. The number of thiol groups is 1. The second-order valence-electron chi connectivity index (χ2n) is 9.32. The second kappa shape index (κ2) is 13.5. The van der Waals surface area contributed by atoms with E-state index < -0.39 is 10.1 Å². The maximum absolute atomic E-state index is 9.19. The van der Waals surface area contributed by atoms with Gasteiger partial charge in [-0.05, 0) is 72.7 Å². The number of ether oxygens (including phenoxy) is 4. The average Bonchev–Trinajstić information content (AvgIpc) is 2.89. The van der Waals surface area contributed by atoms with E-state index in [0.717, 1.165) is 90.4 Å². The van der Waals surface area contributed by atoms with Crippen LogP contribution in [0.3, 0.4) is 0 Å². The Morgan fingerprint density at radius 1 is 0.789 bits per heavy atom. The van der Waals surface area contributed by atoms with Gasteiger partial charge in [-0.2, -0.15) is 8.42 Å². The Morgan fingerprint density at radius 3 is 1.82 bits per heavy atom. The topological polar surface area (TPSA) is 91.3 Å². The van der Waals surface area contributed by atoms with E-state index in [2.05, 4.69) is 30.3 Å². The van der Waals surface area contributed by atoms with Gasteiger partial charge in [0.15, 0.2) is 12.6 Å². The Bertz CT molecular complexity index is 1290. The zero-order valence-corrected chi connectivity index (χ0v) is 23.1. The second-order valence-corrected chi connectivity index (χ2v) is 11.3. The van der Waals surface area contributed by atoms with Crippen molar-refractivity contribution in [1.29, 1.82) is 0 Å². The van der Waals surface area contributed by atoms with Gasteiger partial charge in [-0.25, -0.2) is 0 Å². The fourth-order valence-electron chi connectivity index (χ4n) is 4.46. The molecule has 3 aromatic rings. The zero-order valence-electron chi connectivity index (χ0n) is 21.4. The van der Waals surface area contributed by atoms with Gasteiger partial charge < -0.3 is 18.9 Å². The predicted molar refractivity (Wildman–Crippen MR) is 150 cm³/mol. The van der Waals surface area contributed by atoms with Crippen LogP contribution in [0.25, 0.3) is 22.3 Å². The largest absolute Gasteiger partial charge is 0.465 e. The molecule has 2 aliphatic rings. The van der Waals surface area contributed by atoms with Crippen molar-refractivity contribution in [2.75, 3.05) is 19.5 Å². The summed E-state index contributed by atoms with van der Waals surface area (Å²) >= 11 is 4.81. The van der Waals surface area contributed by atoms with Crippen LogP contribution in [0.15, 0.2) is 71.6 Å². The molecule has 3 aromatic carbocycles. The van der Waals surface area contributed by atoms with Gasteiger partial charge in [0.1, 0.15) is 11.5 Å². The van der Waals surface area contributed by atoms with Gasteiger partial charge in [-0.15, -0.1) is 12.6 Å². The minimum absolute atomic E-state index is 0.166. The lowest BCUT2D eigenvalue weighted by atomic mass is 9.94. The maximum Gasteiger partial charge on any atom is 0.261 e. The van der Waals surface area contributed by atoms with Crippen molar-refractivity contribution < 1.29 is 31.9 Å². The highest BCUT2D eigenvalue weighted by molar-refractivity contribution is 7.85. The highest BCUT2D eigenvalue weighted by atomic mass is 32.2. The smallest absolute Gasteiger partial charge is 0.261 e. The highest BCUT2D eigenvalue weighted by Gasteiger charge is 2.18. The molecule has 2 saturated heterocycles. The summed E-state index contributed by atoms with van der Waals surface area (Å²) in [6, 6.07) is 22.6. The van der Waals surface area contributed by atoms with Gasteiger partial charge in [0.25, 0.3) is 10.1 Å². The number of benzene rings is 3. The fraction of sp³-hybridized carbons (Fsp3) is 0.379. The van der Waals surface area contributed by atoms with Crippen LogP contribution in [0.2, 0.25) is 0 Å². The fourth-order valence-corrected chi connectivity index (χ4v) is 4.79. The molecule has 9 heteroatoms. The standard InChI is InChI=1S/C28H30O4S.CH4O3S/c33-25-13-7-12-24(20-8-5-10-22(18-20)31-26-14-1-3-16-29-26)28(25)21-9-6-11-23(19-21)32-27-15-2-4-17-30-27;1-5(2,3)4/h5-13,18-19,26-27,33H,1-4,14-17H2;1H3,(H,2,3,4). The van der Waals surface area contributed by atoms with E-state index in [4.69, 9.17) is 36.1 Å². The molecule has 2 fully saturated rings. The summed E-state index contributed by atoms with van der Waals surface area (Å²) in [5, 5.41) is 0. The summed E-state index contributed by atoms with van der Waals surface area (Å²) in [7, 11) is -3.67. The Balaban J connectivity index is 0.000000617. The monoisotopic (exact) mass is 558 g/mol. The molecule has 7 nitrogen and oxygen atoms in total. The van der Waals surface area contributed by atoms with Crippen LogP contribution in [-0.4, -0.2) is 45.0 Å². The average molecular weight is 559 g/mol. The molecule has 0 spiro atoms. The van der Waals surface area contributed by atoms with Gasteiger partial charge in [0.05, 0.1) is 19.5 Å². The molecule has 2 aliphatic heterocycles. The minimum Gasteiger partial charge on any atom is -0.465 e. The van der Waals surface area contributed by atoms with Crippen LogP contribution >= 0.6 is 12.6 Å². The van der Waals surface area contributed by atoms with Crippen molar-refractivity contribution in [2.24, 2.45) is 0 Å². The first kappa shape index (κ1) is 28.4. The van der Waals surface area contributed by atoms with Crippen molar-refractivity contribution in [2.45, 2.75) is 56.0 Å². The summed E-state index contributed by atoms with van der Waals surface area (Å²) in [5.74, 6) is 1.63. The molecule has 2 unspecified atom stereocenters. The van der Waals surface area contributed by atoms with E-state index in [9.17, 15) is 8.42 Å². The van der Waals surface area contributed by atoms with Crippen molar-refractivity contribution in [3.8, 4) is 33.8 Å². The van der Waals surface area contributed by atoms with E-state index in [-0.39, 0.29) is 12.6 Å². The summed E-state index contributed by atoms with van der Waals surface area (Å²) in [5.41, 5.74) is 4.31.